The third-order valence-electron chi connectivity index (χ3n) is 4.05. The molecule has 1 fully saturated rings. The minimum Gasteiger partial charge on any atom is -0.459 e. The van der Waals surface area contributed by atoms with Gasteiger partial charge in [0.1, 0.15) is 5.75 Å². The Labute approximate surface area is 139 Å². The number of hydrogen-bond donors (Lipinski definition) is 0. The number of furan rings is 1. The summed E-state index contributed by atoms with van der Waals surface area (Å²) in [7, 11) is 0. The van der Waals surface area contributed by atoms with Crippen LogP contribution in [0.3, 0.4) is 0 Å². The summed E-state index contributed by atoms with van der Waals surface area (Å²) in [5.41, 5.74) is 0.513. The largest absolute Gasteiger partial charge is 0.459 e. The van der Waals surface area contributed by atoms with Crippen molar-refractivity contribution in [1.29, 1.82) is 5.26 Å². The van der Waals surface area contributed by atoms with Crippen molar-refractivity contribution in [1.82, 2.24) is 4.90 Å². The van der Waals surface area contributed by atoms with Crippen molar-refractivity contribution < 1.29 is 18.7 Å². The summed E-state index contributed by atoms with van der Waals surface area (Å²) in [5, 5.41) is 8.76. The lowest BCUT2D eigenvalue weighted by Gasteiger charge is -2.30. The maximum atomic E-state index is 12.2. The van der Waals surface area contributed by atoms with Crippen LogP contribution in [0, 0.1) is 17.2 Å². The zero-order chi connectivity index (χ0) is 16.9. The highest BCUT2D eigenvalue weighted by atomic mass is 16.5. The van der Waals surface area contributed by atoms with Crippen LogP contribution in [0.5, 0.6) is 5.75 Å². The van der Waals surface area contributed by atoms with Gasteiger partial charge in [0.15, 0.2) is 5.76 Å². The number of nitriles is 1. The first-order valence-corrected chi connectivity index (χ1v) is 7.72. The summed E-state index contributed by atoms with van der Waals surface area (Å²) < 4.78 is 10.5. The third kappa shape index (κ3) is 3.46. The van der Waals surface area contributed by atoms with Crippen LogP contribution >= 0.6 is 0 Å². The van der Waals surface area contributed by atoms with Crippen LogP contribution in [0.2, 0.25) is 0 Å². The molecule has 1 amide bonds. The van der Waals surface area contributed by atoms with Gasteiger partial charge in [0.25, 0.3) is 5.91 Å². The number of rotatable bonds is 3. The van der Waals surface area contributed by atoms with Crippen molar-refractivity contribution in [2.45, 2.75) is 12.8 Å². The molecule has 0 radical (unpaired) electrons. The van der Waals surface area contributed by atoms with Crippen molar-refractivity contribution in [3.63, 3.8) is 0 Å². The summed E-state index contributed by atoms with van der Waals surface area (Å²) in [6.45, 7) is 0.985. The number of benzene rings is 1. The quantitative estimate of drug-likeness (QED) is 0.640. The molecular weight excluding hydrogens is 308 g/mol. The van der Waals surface area contributed by atoms with Crippen LogP contribution in [-0.2, 0) is 4.79 Å². The van der Waals surface area contributed by atoms with Gasteiger partial charge >= 0.3 is 5.97 Å². The Bertz CT molecular complexity index is 751. The second kappa shape index (κ2) is 7.01. The Kier molecular flexibility index (Phi) is 4.62. The molecule has 0 spiro atoms. The maximum Gasteiger partial charge on any atom is 0.314 e. The molecule has 0 N–H and O–H groups in total. The number of amides is 1. The van der Waals surface area contributed by atoms with Gasteiger partial charge in [0.2, 0.25) is 0 Å². The highest BCUT2D eigenvalue weighted by Gasteiger charge is 2.29. The Morgan fingerprint density at radius 1 is 1.17 bits per heavy atom. The van der Waals surface area contributed by atoms with E-state index in [1.165, 1.54) is 6.26 Å². The van der Waals surface area contributed by atoms with Crippen LogP contribution in [0.15, 0.2) is 47.1 Å². The number of carbonyl (C=O) groups excluding carboxylic acids is 2. The number of ether oxygens (including phenoxy) is 1. The van der Waals surface area contributed by atoms with Crippen LogP contribution in [0.25, 0.3) is 0 Å². The van der Waals surface area contributed by atoms with Gasteiger partial charge < -0.3 is 14.1 Å². The van der Waals surface area contributed by atoms with E-state index in [2.05, 4.69) is 0 Å². The predicted octanol–water partition coefficient (Wildman–Crippen LogP) is 2.61. The lowest BCUT2D eigenvalue weighted by molar-refractivity contribution is -0.140. The number of likely N-dealkylation sites (tertiary alicyclic amines) is 1. The van der Waals surface area contributed by atoms with Crippen LogP contribution < -0.4 is 4.74 Å². The van der Waals surface area contributed by atoms with Gasteiger partial charge in [0.05, 0.1) is 23.8 Å². The van der Waals surface area contributed by atoms with Gasteiger partial charge in [-0.2, -0.15) is 5.26 Å². The minimum atomic E-state index is -0.301. The standard InChI is InChI=1S/C18H16N2O4/c19-12-13-3-5-15(6-4-13)24-18(22)14-7-9-20(10-8-14)17(21)16-2-1-11-23-16/h1-6,11,14H,7-10H2. The summed E-state index contributed by atoms with van der Waals surface area (Å²) in [6.07, 6.45) is 2.58. The van der Waals surface area contributed by atoms with Gasteiger partial charge in [0, 0.05) is 13.1 Å². The molecule has 6 heteroatoms. The zero-order valence-corrected chi connectivity index (χ0v) is 13.0. The third-order valence-corrected chi connectivity index (χ3v) is 4.05. The normalized spacial score (nSPS) is 14.9. The Hall–Kier alpha value is -3.07. The van der Waals surface area contributed by atoms with E-state index < -0.39 is 0 Å². The van der Waals surface area contributed by atoms with Gasteiger partial charge in [-0.1, -0.05) is 0 Å². The summed E-state index contributed by atoms with van der Waals surface area (Å²) in [4.78, 5) is 26.1. The lowest BCUT2D eigenvalue weighted by Crippen LogP contribution is -2.41. The monoisotopic (exact) mass is 324 g/mol. The van der Waals surface area contributed by atoms with E-state index in [1.807, 2.05) is 6.07 Å². The van der Waals surface area contributed by atoms with E-state index >= 15 is 0 Å². The summed E-state index contributed by atoms with van der Waals surface area (Å²) in [6, 6.07) is 11.7. The number of carbonyl (C=O) groups is 2. The molecule has 1 aliphatic heterocycles. The van der Waals surface area contributed by atoms with E-state index in [4.69, 9.17) is 14.4 Å². The Morgan fingerprint density at radius 2 is 1.88 bits per heavy atom. The van der Waals surface area contributed by atoms with E-state index in [0.717, 1.165) is 0 Å². The molecule has 0 atom stereocenters. The molecule has 0 saturated carbocycles. The molecule has 2 heterocycles. The molecular formula is C18H16N2O4. The number of nitrogens with zero attached hydrogens (tertiary/aromatic N) is 2. The van der Waals surface area contributed by atoms with Crippen LogP contribution in [0.1, 0.15) is 29.0 Å². The zero-order valence-electron chi connectivity index (χ0n) is 13.0. The SMILES string of the molecule is N#Cc1ccc(OC(=O)C2CCN(C(=O)c3ccco3)CC2)cc1. The molecule has 0 aliphatic carbocycles. The van der Waals surface area contributed by atoms with Crippen molar-refractivity contribution in [3.05, 3.63) is 54.0 Å². The second-order valence-corrected chi connectivity index (χ2v) is 5.60. The molecule has 1 saturated heterocycles. The van der Waals surface area contributed by atoms with Crippen LogP contribution in [-0.4, -0.2) is 29.9 Å². The maximum absolute atomic E-state index is 12.2. The van der Waals surface area contributed by atoms with Gasteiger partial charge in [-0.15, -0.1) is 0 Å². The highest BCUT2D eigenvalue weighted by Crippen LogP contribution is 2.22. The van der Waals surface area contributed by atoms with Crippen molar-refractivity contribution >= 4 is 11.9 Å². The summed E-state index contributed by atoms with van der Waals surface area (Å²) >= 11 is 0. The number of esters is 1. The fourth-order valence-corrected chi connectivity index (χ4v) is 2.67. The number of hydrogen-bond acceptors (Lipinski definition) is 5. The molecule has 6 nitrogen and oxygen atoms in total. The highest BCUT2D eigenvalue weighted by molar-refractivity contribution is 5.91. The van der Waals surface area contributed by atoms with Gasteiger partial charge in [-0.3, -0.25) is 9.59 Å². The van der Waals surface area contributed by atoms with Crippen molar-refractivity contribution in [3.8, 4) is 11.8 Å². The lowest BCUT2D eigenvalue weighted by atomic mass is 9.97. The molecule has 122 valence electrons. The average Bonchev–Trinajstić information content (AvgIpc) is 3.16. The van der Waals surface area contributed by atoms with E-state index in [1.54, 1.807) is 41.3 Å². The first-order chi connectivity index (χ1) is 11.7. The molecule has 0 bridgehead atoms. The van der Waals surface area contributed by atoms with Crippen LogP contribution in [0.4, 0.5) is 0 Å². The van der Waals surface area contributed by atoms with Crippen molar-refractivity contribution in [2.24, 2.45) is 5.92 Å². The first-order valence-electron chi connectivity index (χ1n) is 7.72. The van der Waals surface area contributed by atoms with Gasteiger partial charge in [-0.25, -0.2) is 0 Å². The molecule has 2 aromatic rings. The second-order valence-electron chi connectivity index (χ2n) is 5.60. The molecule has 24 heavy (non-hydrogen) atoms. The fourth-order valence-electron chi connectivity index (χ4n) is 2.67. The molecule has 1 aromatic heterocycles. The van der Waals surface area contributed by atoms with E-state index in [9.17, 15) is 9.59 Å². The van der Waals surface area contributed by atoms with E-state index in [-0.39, 0.29) is 17.8 Å². The van der Waals surface area contributed by atoms with Crippen molar-refractivity contribution in [2.75, 3.05) is 13.1 Å². The minimum absolute atomic E-state index is 0.154. The Morgan fingerprint density at radius 3 is 2.46 bits per heavy atom. The fraction of sp³-hybridized carbons (Fsp3) is 0.278. The molecule has 1 aliphatic rings. The molecule has 1 aromatic carbocycles. The number of piperidine rings is 1. The molecule has 0 unspecified atom stereocenters. The Balaban J connectivity index is 1.53. The summed E-state index contributed by atoms with van der Waals surface area (Å²) in [5.74, 6) is 0.0479. The molecule has 3 rings (SSSR count). The average molecular weight is 324 g/mol. The predicted molar refractivity (Wildman–Crippen MR) is 84.1 cm³/mol. The first kappa shape index (κ1) is 15.8. The van der Waals surface area contributed by atoms with Gasteiger partial charge in [-0.05, 0) is 49.2 Å². The van der Waals surface area contributed by atoms with E-state index in [0.29, 0.717) is 43.0 Å². The smallest absolute Gasteiger partial charge is 0.314 e. The topological polar surface area (TPSA) is 83.5 Å².